The van der Waals surface area contributed by atoms with Crippen LogP contribution in [0.5, 0.6) is 0 Å². The lowest BCUT2D eigenvalue weighted by Crippen LogP contribution is -2.16. The Morgan fingerprint density at radius 2 is 2.10 bits per heavy atom. The molecule has 0 saturated carbocycles. The van der Waals surface area contributed by atoms with Crippen molar-refractivity contribution in [1.29, 1.82) is 0 Å². The van der Waals surface area contributed by atoms with Crippen LogP contribution in [0.2, 0.25) is 0 Å². The summed E-state index contributed by atoms with van der Waals surface area (Å²) in [7, 11) is 0. The van der Waals surface area contributed by atoms with Crippen molar-refractivity contribution in [1.82, 2.24) is 9.55 Å². The average Bonchev–Trinajstić information content (AvgIpc) is 2.85. The van der Waals surface area contributed by atoms with E-state index in [0.717, 1.165) is 5.56 Å². The van der Waals surface area contributed by atoms with Gasteiger partial charge in [-0.2, -0.15) is 0 Å². The van der Waals surface area contributed by atoms with Gasteiger partial charge in [-0.15, -0.1) is 0 Å². The Labute approximate surface area is 124 Å². The van der Waals surface area contributed by atoms with E-state index < -0.39 is 6.09 Å². The first-order valence-electron chi connectivity index (χ1n) is 6.97. The highest BCUT2D eigenvalue weighted by atomic mass is 16.4. The highest BCUT2D eigenvalue weighted by Crippen LogP contribution is 2.29. The van der Waals surface area contributed by atoms with E-state index in [-0.39, 0.29) is 5.92 Å². The Kier molecular flexibility index (Phi) is 4.26. The number of imidazole rings is 1. The second kappa shape index (κ2) is 5.95. The van der Waals surface area contributed by atoms with Gasteiger partial charge in [-0.1, -0.05) is 31.2 Å². The van der Waals surface area contributed by atoms with Gasteiger partial charge in [0.25, 0.3) is 0 Å². The summed E-state index contributed by atoms with van der Waals surface area (Å²) < 4.78 is 1.26. The van der Waals surface area contributed by atoms with Crippen LogP contribution in [-0.4, -0.2) is 20.8 Å². The summed E-state index contributed by atoms with van der Waals surface area (Å²) in [5.74, 6) is 0.407. The lowest BCUT2D eigenvalue weighted by molar-refractivity contribution is 0.195. The molecule has 4 heteroatoms. The molecule has 0 amide bonds. The third kappa shape index (κ3) is 2.75. The molecule has 4 nitrogen and oxygen atoms in total. The van der Waals surface area contributed by atoms with E-state index >= 15 is 0 Å². The number of carbonyl (C=O) groups is 1. The molecule has 1 unspecified atom stereocenters. The van der Waals surface area contributed by atoms with E-state index in [0.29, 0.717) is 11.5 Å². The number of aromatic nitrogens is 2. The van der Waals surface area contributed by atoms with Crippen molar-refractivity contribution in [3.05, 3.63) is 58.7 Å². The molecule has 0 aliphatic rings. The van der Waals surface area contributed by atoms with Crippen LogP contribution in [0.25, 0.3) is 6.08 Å². The summed E-state index contributed by atoms with van der Waals surface area (Å²) >= 11 is 0. The van der Waals surface area contributed by atoms with E-state index in [2.05, 4.69) is 24.9 Å². The zero-order valence-corrected chi connectivity index (χ0v) is 12.8. The Bertz CT molecular complexity index is 699. The van der Waals surface area contributed by atoms with Gasteiger partial charge in [0.15, 0.2) is 0 Å². The Hall–Kier alpha value is -2.36. The molecule has 0 aliphatic carbocycles. The molecule has 0 radical (unpaired) electrons. The minimum Gasteiger partial charge on any atom is -0.464 e. The summed E-state index contributed by atoms with van der Waals surface area (Å²) in [5.41, 5.74) is 4.21. The Morgan fingerprint density at radius 1 is 1.38 bits per heavy atom. The second-order valence-electron chi connectivity index (χ2n) is 5.17. The van der Waals surface area contributed by atoms with Crippen molar-refractivity contribution < 1.29 is 9.90 Å². The van der Waals surface area contributed by atoms with Crippen LogP contribution in [0.1, 0.15) is 48.0 Å². The number of allylic oxidation sites excluding steroid dienone is 1. The third-order valence-corrected chi connectivity index (χ3v) is 3.88. The van der Waals surface area contributed by atoms with Gasteiger partial charge >= 0.3 is 6.09 Å². The van der Waals surface area contributed by atoms with Crippen molar-refractivity contribution in [2.45, 2.75) is 33.6 Å². The van der Waals surface area contributed by atoms with Gasteiger partial charge in [-0.05, 0) is 43.5 Å². The predicted molar refractivity (Wildman–Crippen MR) is 83.8 cm³/mol. The molecule has 0 spiro atoms. The first kappa shape index (κ1) is 15.0. The van der Waals surface area contributed by atoms with Crippen LogP contribution in [0.15, 0.2) is 30.5 Å². The molecule has 0 saturated heterocycles. The number of hydrogen-bond donors (Lipinski definition) is 1. The summed E-state index contributed by atoms with van der Waals surface area (Å²) in [6, 6.07) is 6.11. The van der Waals surface area contributed by atoms with Crippen LogP contribution in [0, 0.1) is 13.8 Å². The molecule has 110 valence electrons. The van der Waals surface area contributed by atoms with Crippen LogP contribution in [0.4, 0.5) is 4.79 Å². The van der Waals surface area contributed by atoms with Gasteiger partial charge in [0.2, 0.25) is 0 Å². The first-order chi connectivity index (χ1) is 9.97. The molecule has 1 N–H and O–H groups in total. The zero-order chi connectivity index (χ0) is 15.6. The number of aryl methyl sites for hydroxylation is 1. The van der Waals surface area contributed by atoms with Gasteiger partial charge in [0.1, 0.15) is 5.82 Å². The van der Waals surface area contributed by atoms with E-state index in [4.69, 9.17) is 0 Å². The van der Waals surface area contributed by atoms with Crippen molar-refractivity contribution >= 4 is 12.2 Å². The molecule has 0 fully saturated rings. The Balaban J connectivity index is 2.56. The predicted octanol–water partition coefficient (Wildman–Crippen LogP) is 4.21. The molecule has 0 aliphatic heterocycles. The highest BCUT2D eigenvalue weighted by Gasteiger charge is 2.21. The van der Waals surface area contributed by atoms with Crippen molar-refractivity contribution in [2.24, 2.45) is 0 Å². The molecule has 1 aromatic carbocycles. The summed E-state index contributed by atoms with van der Waals surface area (Å²) in [6.45, 7) is 7.98. The quantitative estimate of drug-likeness (QED) is 0.918. The largest absolute Gasteiger partial charge is 0.464 e. The molecule has 1 atom stereocenters. The van der Waals surface area contributed by atoms with Gasteiger partial charge < -0.3 is 5.11 Å². The Morgan fingerprint density at radius 3 is 2.71 bits per heavy atom. The monoisotopic (exact) mass is 284 g/mol. The maximum Gasteiger partial charge on any atom is 0.417 e. The number of carboxylic acid groups (broad SMARTS) is 1. The molecular formula is C17H20N2O2. The van der Waals surface area contributed by atoms with Gasteiger partial charge in [-0.25, -0.2) is 14.3 Å². The second-order valence-corrected chi connectivity index (χ2v) is 5.17. The number of nitrogens with zero attached hydrogens (tertiary/aromatic N) is 2. The summed E-state index contributed by atoms with van der Waals surface area (Å²) in [4.78, 5) is 15.8. The van der Waals surface area contributed by atoms with E-state index in [1.54, 1.807) is 18.3 Å². The molecule has 2 aromatic rings. The lowest BCUT2D eigenvalue weighted by atomic mass is 9.91. The number of benzene rings is 1. The summed E-state index contributed by atoms with van der Waals surface area (Å²) in [6.07, 6.45) is 4.13. The fourth-order valence-corrected chi connectivity index (χ4v) is 2.56. The van der Waals surface area contributed by atoms with Crippen LogP contribution in [0.3, 0.4) is 0 Å². The maximum atomic E-state index is 11.6. The fraction of sp³-hybridized carbons (Fsp3) is 0.294. The molecule has 0 bridgehead atoms. The number of rotatable bonds is 3. The highest BCUT2D eigenvalue weighted by molar-refractivity contribution is 5.73. The minimum absolute atomic E-state index is 0.0347. The third-order valence-electron chi connectivity index (χ3n) is 3.88. The van der Waals surface area contributed by atoms with Crippen LogP contribution in [-0.2, 0) is 0 Å². The molecule has 1 aromatic heterocycles. The summed E-state index contributed by atoms with van der Waals surface area (Å²) in [5, 5.41) is 9.47. The van der Waals surface area contributed by atoms with Gasteiger partial charge in [0.05, 0.1) is 11.9 Å². The van der Waals surface area contributed by atoms with Crippen LogP contribution < -0.4 is 0 Å². The van der Waals surface area contributed by atoms with Gasteiger partial charge in [-0.3, -0.25) is 0 Å². The molecule has 2 rings (SSSR count). The fourth-order valence-electron chi connectivity index (χ4n) is 2.56. The topological polar surface area (TPSA) is 55.1 Å². The minimum atomic E-state index is -1.01. The molecular weight excluding hydrogens is 264 g/mol. The maximum absolute atomic E-state index is 11.6. The van der Waals surface area contributed by atoms with Crippen LogP contribution >= 0.6 is 0 Å². The first-order valence-corrected chi connectivity index (χ1v) is 6.97. The van der Waals surface area contributed by atoms with Crippen molar-refractivity contribution in [3.63, 3.8) is 0 Å². The van der Waals surface area contributed by atoms with Gasteiger partial charge in [0, 0.05) is 5.92 Å². The average molecular weight is 284 g/mol. The normalized spacial score (nSPS) is 12.8. The van der Waals surface area contributed by atoms with Crippen molar-refractivity contribution in [3.8, 4) is 0 Å². The molecule has 1 heterocycles. The smallest absolute Gasteiger partial charge is 0.417 e. The molecule has 21 heavy (non-hydrogen) atoms. The zero-order valence-electron chi connectivity index (χ0n) is 12.8. The van der Waals surface area contributed by atoms with E-state index in [1.807, 2.05) is 26.0 Å². The standard InChI is InChI=1S/C17H20N2O2/c1-5-7-16-18-10-15(19(16)17(20)21)13(4)14-9-6-8-11(2)12(14)3/h5-10,13H,1-4H3,(H,20,21). The lowest BCUT2D eigenvalue weighted by Gasteiger charge is -2.17. The SMILES string of the molecule is CC=Cc1ncc(C(C)c2cccc(C)c2C)n1C(=O)O. The van der Waals surface area contributed by atoms with Crippen molar-refractivity contribution in [2.75, 3.05) is 0 Å². The van der Waals surface area contributed by atoms with E-state index in [9.17, 15) is 9.90 Å². The number of hydrogen-bond acceptors (Lipinski definition) is 2. The van der Waals surface area contributed by atoms with E-state index in [1.165, 1.54) is 15.7 Å².